The molecular weight excluding hydrogens is 228 g/mol. The van der Waals surface area contributed by atoms with Crippen LogP contribution >= 0.6 is 0 Å². The number of hydrogen-bond donors (Lipinski definition) is 2. The fraction of sp³-hybridized carbons (Fsp3) is 0.286. The molecule has 18 heavy (non-hydrogen) atoms. The predicted octanol–water partition coefficient (Wildman–Crippen LogP) is 1.32. The lowest BCUT2D eigenvalue weighted by atomic mass is 10.1. The molecule has 1 aromatic rings. The van der Waals surface area contributed by atoms with E-state index in [1.807, 2.05) is 6.92 Å². The highest BCUT2D eigenvalue weighted by Crippen LogP contribution is 2.23. The van der Waals surface area contributed by atoms with E-state index in [-0.39, 0.29) is 17.9 Å². The Morgan fingerprint density at radius 1 is 1.61 bits per heavy atom. The SMILES string of the molecule is C#CC(CC)NC(=O)c1ccc2c(c1)CC(=O)N2. The molecule has 1 aliphatic rings. The summed E-state index contributed by atoms with van der Waals surface area (Å²) in [5.41, 5.74) is 2.15. The Hall–Kier alpha value is -2.28. The number of hydrogen-bond acceptors (Lipinski definition) is 2. The number of rotatable bonds is 3. The number of nitrogens with one attached hydrogen (secondary N) is 2. The Kier molecular flexibility index (Phi) is 3.33. The number of benzene rings is 1. The molecule has 4 heteroatoms. The van der Waals surface area contributed by atoms with Crippen LogP contribution in [0.1, 0.15) is 29.3 Å². The van der Waals surface area contributed by atoms with Crippen molar-refractivity contribution in [3.8, 4) is 12.3 Å². The molecule has 2 amide bonds. The lowest BCUT2D eigenvalue weighted by Crippen LogP contribution is -2.33. The molecule has 2 N–H and O–H groups in total. The smallest absolute Gasteiger partial charge is 0.252 e. The molecule has 0 saturated heterocycles. The van der Waals surface area contributed by atoms with Crippen LogP contribution in [-0.4, -0.2) is 17.9 Å². The summed E-state index contributed by atoms with van der Waals surface area (Å²) in [6.45, 7) is 1.91. The van der Waals surface area contributed by atoms with Crippen LogP contribution in [0.5, 0.6) is 0 Å². The number of fused-ring (bicyclic) bond motifs is 1. The van der Waals surface area contributed by atoms with Gasteiger partial charge < -0.3 is 10.6 Å². The predicted molar refractivity (Wildman–Crippen MR) is 69.2 cm³/mol. The topological polar surface area (TPSA) is 58.2 Å². The fourth-order valence-electron chi connectivity index (χ4n) is 1.87. The molecule has 2 rings (SSSR count). The number of terminal acetylenes is 1. The third-order valence-corrected chi connectivity index (χ3v) is 2.91. The first kappa shape index (κ1) is 12.2. The van der Waals surface area contributed by atoms with Crippen LogP contribution in [0.2, 0.25) is 0 Å². The van der Waals surface area contributed by atoms with Crippen LogP contribution in [0, 0.1) is 12.3 Å². The molecular formula is C14H14N2O2. The van der Waals surface area contributed by atoms with Gasteiger partial charge in [0.2, 0.25) is 5.91 Å². The first-order valence-electron chi connectivity index (χ1n) is 5.83. The second-order valence-electron chi connectivity index (χ2n) is 4.20. The van der Waals surface area contributed by atoms with Gasteiger partial charge in [0.05, 0.1) is 12.5 Å². The summed E-state index contributed by atoms with van der Waals surface area (Å²) in [5, 5.41) is 5.48. The van der Waals surface area contributed by atoms with Crippen molar-refractivity contribution in [2.24, 2.45) is 0 Å². The van der Waals surface area contributed by atoms with E-state index in [1.54, 1.807) is 18.2 Å². The average molecular weight is 242 g/mol. The van der Waals surface area contributed by atoms with Crippen LogP contribution < -0.4 is 10.6 Å². The van der Waals surface area contributed by atoms with Crippen molar-refractivity contribution in [1.82, 2.24) is 5.32 Å². The fourth-order valence-corrected chi connectivity index (χ4v) is 1.87. The number of anilines is 1. The summed E-state index contributed by atoms with van der Waals surface area (Å²) in [4.78, 5) is 23.2. The Morgan fingerprint density at radius 2 is 2.39 bits per heavy atom. The van der Waals surface area contributed by atoms with Crippen molar-refractivity contribution in [3.05, 3.63) is 29.3 Å². The van der Waals surface area contributed by atoms with E-state index < -0.39 is 0 Å². The van der Waals surface area contributed by atoms with Crippen molar-refractivity contribution >= 4 is 17.5 Å². The minimum Gasteiger partial charge on any atom is -0.338 e. The summed E-state index contributed by atoms with van der Waals surface area (Å²) in [7, 11) is 0. The van der Waals surface area contributed by atoms with Crippen molar-refractivity contribution in [2.45, 2.75) is 25.8 Å². The van der Waals surface area contributed by atoms with Gasteiger partial charge in [-0.25, -0.2) is 0 Å². The van der Waals surface area contributed by atoms with Crippen LogP contribution in [0.15, 0.2) is 18.2 Å². The van der Waals surface area contributed by atoms with E-state index in [9.17, 15) is 9.59 Å². The van der Waals surface area contributed by atoms with Gasteiger partial charge in [0.1, 0.15) is 0 Å². The molecule has 0 spiro atoms. The summed E-state index contributed by atoms with van der Waals surface area (Å²) in [5.74, 6) is 2.26. The highest BCUT2D eigenvalue weighted by atomic mass is 16.2. The minimum absolute atomic E-state index is 0.0439. The van der Waals surface area contributed by atoms with Gasteiger partial charge in [0, 0.05) is 11.3 Å². The molecule has 0 bridgehead atoms. The number of carbonyl (C=O) groups is 2. The Labute approximate surface area is 106 Å². The molecule has 92 valence electrons. The van der Waals surface area contributed by atoms with Gasteiger partial charge in [-0.05, 0) is 30.2 Å². The Bertz CT molecular complexity index is 543. The zero-order valence-electron chi connectivity index (χ0n) is 10.1. The molecule has 0 fully saturated rings. The second-order valence-corrected chi connectivity index (χ2v) is 4.20. The van der Waals surface area contributed by atoms with Gasteiger partial charge in [-0.3, -0.25) is 9.59 Å². The molecule has 0 aromatic heterocycles. The third-order valence-electron chi connectivity index (χ3n) is 2.91. The maximum atomic E-state index is 11.9. The lowest BCUT2D eigenvalue weighted by molar-refractivity contribution is -0.115. The third kappa shape index (κ3) is 2.35. The van der Waals surface area contributed by atoms with Gasteiger partial charge in [-0.2, -0.15) is 0 Å². The number of carbonyl (C=O) groups excluding carboxylic acids is 2. The van der Waals surface area contributed by atoms with Crippen LogP contribution in [0.25, 0.3) is 0 Å². The van der Waals surface area contributed by atoms with E-state index in [0.29, 0.717) is 18.4 Å². The van der Waals surface area contributed by atoms with E-state index in [1.165, 1.54) is 0 Å². The second kappa shape index (κ2) is 4.92. The highest BCUT2D eigenvalue weighted by Gasteiger charge is 2.19. The standard InChI is InChI=1S/C14H14N2O2/c1-3-11(4-2)15-14(18)9-5-6-12-10(7-9)8-13(17)16-12/h1,5-7,11H,4,8H2,2H3,(H,15,18)(H,16,17). The molecule has 1 heterocycles. The summed E-state index contributed by atoms with van der Waals surface area (Å²) < 4.78 is 0. The van der Waals surface area contributed by atoms with E-state index in [2.05, 4.69) is 16.6 Å². The van der Waals surface area contributed by atoms with Crippen molar-refractivity contribution in [2.75, 3.05) is 5.32 Å². The minimum atomic E-state index is -0.259. The first-order chi connectivity index (χ1) is 8.63. The summed E-state index contributed by atoms with van der Waals surface area (Å²) in [6.07, 6.45) is 6.31. The van der Waals surface area contributed by atoms with E-state index >= 15 is 0 Å². The van der Waals surface area contributed by atoms with Crippen LogP contribution in [0.4, 0.5) is 5.69 Å². The monoisotopic (exact) mass is 242 g/mol. The molecule has 0 radical (unpaired) electrons. The van der Waals surface area contributed by atoms with Crippen molar-refractivity contribution in [1.29, 1.82) is 0 Å². The van der Waals surface area contributed by atoms with E-state index in [0.717, 1.165) is 11.3 Å². The first-order valence-corrected chi connectivity index (χ1v) is 5.83. The highest BCUT2D eigenvalue weighted by molar-refractivity contribution is 6.01. The lowest BCUT2D eigenvalue weighted by Gasteiger charge is -2.11. The maximum Gasteiger partial charge on any atom is 0.252 e. The Balaban J connectivity index is 2.16. The van der Waals surface area contributed by atoms with Gasteiger partial charge in [-0.15, -0.1) is 6.42 Å². The molecule has 0 saturated carbocycles. The van der Waals surface area contributed by atoms with Gasteiger partial charge in [0.15, 0.2) is 0 Å². The van der Waals surface area contributed by atoms with E-state index in [4.69, 9.17) is 6.42 Å². The van der Waals surface area contributed by atoms with Crippen LogP contribution in [0.3, 0.4) is 0 Å². The number of amides is 2. The average Bonchev–Trinajstić information content (AvgIpc) is 2.74. The quantitative estimate of drug-likeness (QED) is 0.785. The largest absolute Gasteiger partial charge is 0.338 e. The van der Waals surface area contributed by atoms with Crippen molar-refractivity contribution < 1.29 is 9.59 Å². The molecule has 1 aliphatic heterocycles. The molecule has 1 unspecified atom stereocenters. The van der Waals surface area contributed by atoms with Gasteiger partial charge in [-0.1, -0.05) is 12.8 Å². The summed E-state index contributed by atoms with van der Waals surface area (Å²) in [6, 6.07) is 4.89. The Morgan fingerprint density at radius 3 is 3.06 bits per heavy atom. The zero-order chi connectivity index (χ0) is 13.1. The normalized spacial score (nSPS) is 14.3. The van der Waals surface area contributed by atoms with Crippen LogP contribution in [-0.2, 0) is 11.2 Å². The van der Waals surface area contributed by atoms with Gasteiger partial charge in [0.25, 0.3) is 5.91 Å². The van der Waals surface area contributed by atoms with Crippen molar-refractivity contribution in [3.63, 3.8) is 0 Å². The molecule has 0 aliphatic carbocycles. The molecule has 1 atom stereocenters. The van der Waals surface area contributed by atoms with Gasteiger partial charge >= 0.3 is 0 Å². The summed E-state index contributed by atoms with van der Waals surface area (Å²) >= 11 is 0. The zero-order valence-corrected chi connectivity index (χ0v) is 10.1. The molecule has 1 aromatic carbocycles. The molecule has 4 nitrogen and oxygen atoms in total. The maximum absolute atomic E-state index is 11.9.